The molecule has 79 heavy (non-hydrogen) atoms. The van der Waals surface area contributed by atoms with Gasteiger partial charge in [-0.2, -0.15) is 0 Å². The number of hydrogen-bond donors (Lipinski definition) is 0. The van der Waals surface area contributed by atoms with E-state index in [0.717, 1.165) is 12.8 Å². The third kappa shape index (κ3) is 8.43. The average Bonchev–Trinajstić information content (AvgIpc) is 2.39. The highest BCUT2D eigenvalue weighted by atomic mass is 15.3. The Kier molecular flexibility index (Phi) is 12.1. The summed E-state index contributed by atoms with van der Waals surface area (Å²) in [7, 11) is 0. The van der Waals surface area contributed by atoms with Gasteiger partial charge in [-0.15, -0.1) is 0 Å². The lowest BCUT2D eigenvalue weighted by Gasteiger charge is -2.52. The van der Waals surface area contributed by atoms with Crippen molar-refractivity contribution in [2.45, 2.75) is 174 Å². The highest BCUT2D eigenvalue weighted by Gasteiger charge is 2.61. The Morgan fingerprint density at radius 3 is 1.51 bits per heavy atom. The number of anilines is 8. The minimum atomic E-state index is -0.239. The molecule has 0 saturated heterocycles. The van der Waals surface area contributed by atoms with Crippen molar-refractivity contribution in [3.63, 3.8) is 0 Å². The van der Waals surface area contributed by atoms with E-state index in [0.29, 0.717) is 0 Å². The molecular formula is C75H84BN3. The fraction of sp³-hybridized carbons (Fsp3) is 0.360. The first-order valence-electron chi connectivity index (χ1n) is 29.6. The minimum absolute atomic E-state index is 0.00265. The fourth-order valence-electron chi connectivity index (χ4n) is 14.4. The van der Waals surface area contributed by atoms with Crippen LogP contribution >= 0.6 is 0 Å². The summed E-state index contributed by atoms with van der Waals surface area (Å²) < 4.78 is 0. The van der Waals surface area contributed by atoms with Gasteiger partial charge in [-0.05, 0) is 168 Å². The van der Waals surface area contributed by atoms with E-state index in [4.69, 9.17) is 0 Å². The smallest absolute Gasteiger partial charge is 0.252 e. The lowest BCUT2D eigenvalue weighted by atomic mass is 9.33. The predicted molar refractivity (Wildman–Crippen MR) is 342 cm³/mol. The first-order chi connectivity index (χ1) is 37.2. The summed E-state index contributed by atoms with van der Waals surface area (Å²) >= 11 is 0. The van der Waals surface area contributed by atoms with Crippen LogP contribution in [0, 0.1) is 0 Å². The Bertz CT molecular complexity index is 3660. The Morgan fingerprint density at radius 2 is 0.886 bits per heavy atom. The molecule has 402 valence electrons. The van der Waals surface area contributed by atoms with Crippen LogP contribution in [0.25, 0.3) is 11.1 Å². The molecule has 1 saturated carbocycles. The summed E-state index contributed by atoms with van der Waals surface area (Å²) in [6, 6.07) is 67.3. The van der Waals surface area contributed by atoms with Crippen LogP contribution in [-0.4, -0.2) is 12.3 Å². The van der Waals surface area contributed by atoms with Gasteiger partial charge in [0.25, 0.3) is 6.71 Å². The number of hydrogen-bond acceptors (Lipinski definition) is 3. The van der Waals surface area contributed by atoms with Crippen LogP contribution in [0.4, 0.5) is 45.5 Å². The topological polar surface area (TPSA) is 9.72 Å². The van der Waals surface area contributed by atoms with Gasteiger partial charge in [-0.1, -0.05) is 226 Å². The lowest BCUT2D eigenvalue weighted by Crippen LogP contribution is -2.61. The van der Waals surface area contributed by atoms with Gasteiger partial charge in [0.2, 0.25) is 0 Å². The van der Waals surface area contributed by atoms with Crippen LogP contribution < -0.4 is 31.1 Å². The molecule has 4 heteroatoms. The molecular weight excluding hydrogens is 954 g/mol. The van der Waals surface area contributed by atoms with Crippen molar-refractivity contribution in [2.24, 2.45) is 0 Å². The van der Waals surface area contributed by atoms with E-state index < -0.39 is 0 Å². The van der Waals surface area contributed by atoms with Crippen LogP contribution in [-0.2, 0) is 32.5 Å². The van der Waals surface area contributed by atoms with Crippen molar-refractivity contribution in [2.75, 3.05) is 14.7 Å². The zero-order chi connectivity index (χ0) is 56.0. The van der Waals surface area contributed by atoms with Gasteiger partial charge < -0.3 is 14.7 Å². The number of rotatable bonds is 5. The van der Waals surface area contributed by atoms with Gasteiger partial charge in [-0.25, -0.2) is 0 Å². The van der Waals surface area contributed by atoms with Crippen LogP contribution in [0.2, 0.25) is 0 Å². The summed E-state index contributed by atoms with van der Waals surface area (Å²) in [6.07, 6.45) is 4.60. The van der Waals surface area contributed by atoms with Gasteiger partial charge in [0.05, 0.1) is 11.2 Å². The molecule has 3 nitrogen and oxygen atoms in total. The molecule has 12 rings (SSSR count). The average molecular weight is 1040 g/mol. The Labute approximate surface area is 475 Å². The highest BCUT2D eigenvalue weighted by molar-refractivity contribution is 7.00. The van der Waals surface area contributed by atoms with Gasteiger partial charge in [0.15, 0.2) is 0 Å². The molecule has 3 heterocycles. The van der Waals surface area contributed by atoms with Crippen molar-refractivity contribution in [1.29, 1.82) is 0 Å². The second kappa shape index (κ2) is 18.1. The molecule has 2 atom stereocenters. The second-order valence-electron chi connectivity index (χ2n) is 29.3. The summed E-state index contributed by atoms with van der Waals surface area (Å²) in [5.41, 5.74) is 25.6. The molecule has 8 aromatic rings. The van der Waals surface area contributed by atoms with Crippen LogP contribution in [0.5, 0.6) is 0 Å². The van der Waals surface area contributed by atoms with Crippen LogP contribution in [0.15, 0.2) is 170 Å². The summed E-state index contributed by atoms with van der Waals surface area (Å²) in [5.74, 6) is 0. The summed E-state index contributed by atoms with van der Waals surface area (Å²) in [5, 5.41) is 0. The lowest BCUT2D eigenvalue weighted by molar-refractivity contribution is 0.215. The largest absolute Gasteiger partial charge is 0.334 e. The normalized spacial score (nSPS) is 18.9. The number of fused-ring (bicyclic) bond motifs is 7. The number of para-hydroxylation sites is 1. The molecule has 8 aromatic carbocycles. The molecule has 1 aliphatic carbocycles. The summed E-state index contributed by atoms with van der Waals surface area (Å²) in [4.78, 5) is 8.10. The number of nitrogens with zero attached hydrogens (tertiary/aromatic N) is 3. The molecule has 1 fully saturated rings. The first kappa shape index (κ1) is 52.9. The van der Waals surface area contributed by atoms with Gasteiger partial charge >= 0.3 is 0 Å². The van der Waals surface area contributed by atoms with E-state index in [2.05, 4.69) is 295 Å². The van der Waals surface area contributed by atoms with E-state index in [-0.39, 0.29) is 44.7 Å². The van der Waals surface area contributed by atoms with E-state index >= 15 is 0 Å². The maximum Gasteiger partial charge on any atom is 0.252 e. The van der Waals surface area contributed by atoms with Crippen molar-refractivity contribution in [1.82, 2.24) is 0 Å². The molecule has 4 aliphatic rings. The van der Waals surface area contributed by atoms with Crippen LogP contribution in [0.3, 0.4) is 0 Å². The Hall–Kier alpha value is -6.78. The van der Waals surface area contributed by atoms with Gasteiger partial charge in [-0.3, -0.25) is 0 Å². The van der Waals surface area contributed by atoms with Crippen molar-refractivity contribution in [3.8, 4) is 11.1 Å². The monoisotopic (exact) mass is 1040 g/mol. The third-order valence-electron chi connectivity index (χ3n) is 19.0. The maximum absolute atomic E-state index is 2.82. The minimum Gasteiger partial charge on any atom is -0.334 e. The fourth-order valence-corrected chi connectivity index (χ4v) is 14.4. The van der Waals surface area contributed by atoms with Crippen LogP contribution in [0.1, 0.15) is 175 Å². The Balaban J connectivity index is 1.14. The van der Waals surface area contributed by atoms with Gasteiger partial charge in [0, 0.05) is 50.8 Å². The maximum atomic E-state index is 2.82. The van der Waals surface area contributed by atoms with Crippen molar-refractivity contribution >= 4 is 68.6 Å². The zero-order valence-electron chi connectivity index (χ0n) is 50.4. The SMILES string of the molecule is CC(C)(C)c1ccc(N2c3cc(N4c5ccc(C(C)(C)C)cc5C5(c6ccc(C(C)(C)C)cc6)CCCCC45C)ccc3B3c4ccccc4N(c4ccc(C(C)(C)C)cc4-c4ccccc4)c4cc(C(C)(C)C)cc2c43)cc1. The molecule has 2 unspecified atom stereocenters. The highest BCUT2D eigenvalue weighted by Crippen LogP contribution is 2.64. The van der Waals surface area contributed by atoms with E-state index in [9.17, 15) is 0 Å². The first-order valence-corrected chi connectivity index (χ1v) is 29.6. The molecule has 0 N–H and O–H groups in total. The summed E-state index contributed by atoms with van der Waals surface area (Å²) in [6.45, 7) is 37.8. The quantitative estimate of drug-likeness (QED) is 0.159. The number of benzene rings is 8. The van der Waals surface area contributed by atoms with E-state index in [1.54, 1.807) is 0 Å². The predicted octanol–water partition coefficient (Wildman–Crippen LogP) is 18.7. The Morgan fingerprint density at radius 1 is 0.380 bits per heavy atom. The van der Waals surface area contributed by atoms with Crippen molar-refractivity contribution < 1.29 is 0 Å². The van der Waals surface area contributed by atoms with Crippen molar-refractivity contribution in [3.05, 3.63) is 209 Å². The van der Waals surface area contributed by atoms with Gasteiger partial charge in [0.1, 0.15) is 0 Å². The molecule has 3 aliphatic heterocycles. The van der Waals surface area contributed by atoms with E-state index in [1.807, 2.05) is 0 Å². The molecule has 0 amide bonds. The van der Waals surface area contributed by atoms with E-state index in [1.165, 1.54) is 125 Å². The molecule has 0 radical (unpaired) electrons. The molecule has 0 aromatic heterocycles. The standard InChI is InChI=1S/C75H84BN3/c1-69(2,3)50-28-30-52(31-29-50)75-43-23-22-42-74(75,16)79(63-41-35-54(45-59(63)75)72(10,11)12)57-38-39-61-65(48-57)77(56-36-32-51(33-37-56)70(4,5)6)66-46-55(73(13,14)15)47-67-68(66)76(61)60-26-20-21-27-64(60)78(67)62-40-34-53(71(7,8)9)44-58(62)49-24-18-17-19-25-49/h17-21,24-41,44-48H,22-23,42-43H2,1-16H3. The second-order valence-corrected chi connectivity index (χ2v) is 29.3. The molecule has 0 bridgehead atoms. The zero-order valence-corrected chi connectivity index (χ0v) is 50.4. The third-order valence-corrected chi connectivity index (χ3v) is 19.0. The molecule has 0 spiro atoms.